The molecule has 0 spiro atoms. The highest BCUT2D eigenvalue weighted by molar-refractivity contribution is 5.85. The van der Waals surface area contributed by atoms with Crippen molar-refractivity contribution in [3.63, 3.8) is 0 Å². The highest BCUT2D eigenvalue weighted by Crippen LogP contribution is 2.32. The summed E-state index contributed by atoms with van der Waals surface area (Å²) in [5, 5.41) is 3.15. The highest BCUT2D eigenvalue weighted by Gasteiger charge is 2.32. The minimum atomic E-state index is -4.38. The van der Waals surface area contributed by atoms with Gasteiger partial charge in [-0.05, 0) is 18.1 Å². The molecular formula is C15H20ClF3N2O. The Morgan fingerprint density at radius 1 is 1.32 bits per heavy atom. The average molecular weight is 337 g/mol. The molecule has 1 atom stereocenters. The van der Waals surface area contributed by atoms with E-state index in [2.05, 4.69) is 5.32 Å². The zero-order valence-corrected chi connectivity index (χ0v) is 13.1. The number of hydrogen-bond donors (Lipinski definition) is 1. The number of carbonyl (C=O) groups excluding carboxylic acids is 1. The molecule has 7 heteroatoms. The first-order valence-electron chi connectivity index (χ1n) is 7.10. The van der Waals surface area contributed by atoms with Crippen LogP contribution in [0.5, 0.6) is 0 Å². The fourth-order valence-electron chi connectivity index (χ4n) is 2.59. The molecule has 1 aliphatic heterocycles. The third-order valence-corrected chi connectivity index (χ3v) is 3.75. The first kappa shape index (κ1) is 18.8. The van der Waals surface area contributed by atoms with Crippen LogP contribution in [0.15, 0.2) is 24.3 Å². The van der Waals surface area contributed by atoms with Crippen LogP contribution in [0.4, 0.5) is 13.2 Å². The molecule has 0 bridgehead atoms. The standard InChI is InChI=1S/C15H19F3N2O.ClH/c1-2-13(14(21)20-8-6-19-7-9-20)11-4-3-5-12(10-11)15(16,17)18;/h3-5,10,13,19H,2,6-9H2,1H3;1H. The van der Waals surface area contributed by atoms with Gasteiger partial charge in [-0.25, -0.2) is 0 Å². The first-order valence-corrected chi connectivity index (χ1v) is 7.10. The minimum Gasteiger partial charge on any atom is -0.340 e. The monoisotopic (exact) mass is 336 g/mol. The van der Waals surface area contributed by atoms with Gasteiger partial charge in [0.05, 0.1) is 11.5 Å². The molecule has 0 aromatic heterocycles. The van der Waals surface area contributed by atoms with Crippen LogP contribution in [0.1, 0.15) is 30.4 Å². The summed E-state index contributed by atoms with van der Waals surface area (Å²) in [7, 11) is 0. The predicted octanol–water partition coefficient (Wildman–Crippen LogP) is 3.05. The molecule has 0 saturated carbocycles. The number of hydrogen-bond acceptors (Lipinski definition) is 2. The molecule has 1 aromatic carbocycles. The molecule has 2 rings (SSSR count). The van der Waals surface area contributed by atoms with Gasteiger partial charge >= 0.3 is 6.18 Å². The maximum atomic E-state index is 12.8. The molecule has 22 heavy (non-hydrogen) atoms. The molecule has 0 aliphatic carbocycles. The van der Waals surface area contributed by atoms with Crippen molar-refractivity contribution in [2.24, 2.45) is 0 Å². The molecule has 1 fully saturated rings. The number of halogens is 4. The summed E-state index contributed by atoms with van der Waals surface area (Å²) in [4.78, 5) is 14.2. The second kappa shape index (κ2) is 7.83. The molecule has 1 amide bonds. The van der Waals surface area contributed by atoms with Crippen molar-refractivity contribution in [2.75, 3.05) is 26.2 Å². The molecule has 1 aromatic rings. The van der Waals surface area contributed by atoms with Crippen LogP contribution in [0.25, 0.3) is 0 Å². The fourth-order valence-corrected chi connectivity index (χ4v) is 2.59. The average Bonchev–Trinajstić information content (AvgIpc) is 2.48. The second-order valence-corrected chi connectivity index (χ2v) is 5.16. The molecule has 3 nitrogen and oxygen atoms in total. The Bertz CT molecular complexity index is 502. The summed E-state index contributed by atoms with van der Waals surface area (Å²) in [6.07, 6.45) is -3.89. The van der Waals surface area contributed by atoms with Crippen molar-refractivity contribution < 1.29 is 18.0 Å². The van der Waals surface area contributed by atoms with Crippen LogP contribution < -0.4 is 5.32 Å². The van der Waals surface area contributed by atoms with E-state index in [0.29, 0.717) is 25.1 Å². The lowest BCUT2D eigenvalue weighted by molar-refractivity contribution is -0.138. The predicted molar refractivity (Wildman–Crippen MR) is 81.2 cm³/mol. The summed E-state index contributed by atoms with van der Waals surface area (Å²) < 4.78 is 38.4. The molecule has 1 unspecified atom stereocenters. The number of nitrogens with zero attached hydrogens (tertiary/aromatic N) is 1. The van der Waals surface area contributed by atoms with Crippen LogP contribution in [-0.2, 0) is 11.0 Å². The zero-order chi connectivity index (χ0) is 15.5. The van der Waals surface area contributed by atoms with E-state index in [4.69, 9.17) is 0 Å². The minimum absolute atomic E-state index is 0. The molecule has 1 saturated heterocycles. The van der Waals surface area contributed by atoms with Crippen molar-refractivity contribution >= 4 is 18.3 Å². The Kier molecular flexibility index (Phi) is 6.68. The molecule has 0 radical (unpaired) electrons. The van der Waals surface area contributed by atoms with Crippen LogP contribution in [-0.4, -0.2) is 37.0 Å². The number of carbonyl (C=O) groups is 1. The number of alkyl halides is 3. The van der Waals surface area contributed by atoms with E-state index < -0.39 is 17.7 Å². The van der Waals surface area contributed by atoms with Crippen LogP contribution >= 0.6 is 12.4 Å². The van der Waals surface area contributed by atoms with Crippen molar-refractivity contribution in [3.8, 4) is 0 Å². The largest absolute Gasteiger partial charge is 0.416 e. The lowest BCUT2D eigenvalue weighted by Crippen LogP contribution is -2.48. The van der Waals surface area contributed by atoms with Gasteiger partial charge in [-0.15, -0.1) is 12.4 Å². The van der Waals surface area contributed by atoms with Gasteiger partial charge < -0.3 is 10.2 Å². The summed E-state index contributed by atoms with van der Waals surface area (Å²) in [5.41, 5.74) is -0.262. The van der Waals surface area contributed by atoms with Gasteiger partial charge in [-0.2, -0.15) is 13.2 Å². The smallest absolute Gasteiger partial charge is 0.340 e. The molecule has 1 N–H and O–H groups in total. The molecule has 1 heterocycles. The molecular weight excluding hydrogens is 317 g/mol. The Labute approximate surface area is 134 Å². The van der Waals surface area contributed by atoms with Crippen LogP contribution in [0.3, 0.4) is 0 Å². The Morgan fingerprint density at radius 3 is 2.50 bits per heavy atom. The second-order valence-electron chi connectivity index (χ2n) is 5.16. The summed E-state index contributed by atoms with van der Waals surface area (Å²) >= 11 is 0. The fraction of sp³-hybridized carbons (Fsp3) is 0.533. The third kappa shape index (κ3) is 4.36. The lowest BCUT2D eigenvalue weighted by atomic mass is 9.93. The first-order chi connectivity index (χ1) is 9.93. The van der Waals surface area contributed by atoms with Gasteiger partial charge in [0.15, 0.2) is 0 Å². The normalized spacial score (nSPS) is 16.8. The van der Waals surface area contributed by atoms with Crippen LogP contribution in [0, 0.1) is 0 Å². The summed E-state index contributed by atoms with van der Waals surface area (Å²) in [5.74, 6) is -0.594. The lowest BCUT2D eigenvalue weighted by Gasteiger charge is -2.31. The molecule has 1 aliphatic rings. The van der Waals surface area contributed by atoms with E-state index in [1.54, 1.807) is 11.0 Å². The summed E-state index contributed by atoms with van der Waals surface area (Å²) in [6.45, 7) is 4.49. The zero-order valence-electron chi connectivity index (χ0n) is 12.3. The number of nitrogens with one attached hydrogen (secondary N) is 1. The van der Waals surface area contributed by atoms with Gasteiger partial charge in [-0.3, -0.25) is 4.79 Å². The van der Waals surface area contributed by atoms with Gasteiger partial charge in [0, 0.05) is 26.2 Å². The SMILES string of the molecule is CCC(C(=O)N1CCNCC1)c1cccc(C(F)(F)F)c1.Cl. The number of rotatable bonds is 3. The maximum Gasteiger partial charge on any atom is 0.416 e. The van der Waals surface area contributed by atoms with Crippen molar-refractivity contribution in [1.82, 2.24) is 10.2 Å². The van der Waals surface area contributed by atoms with E-state index >= 15 is 0 Å². The summed E-state index contributed by atoms with van der Waals surface area (Å²) in [6, 6.07) is 5.09. The topological polar surface area (TPSA) is 32.3 Å². The van der Waals surface area contributed by atoms with E-state index in [9.17, 15) is 18.0 Å². The Balaban J connectivity index is 0.00000242. The van der Waals surface area contributed by atoms with Gasteiger partial charge in [0.1, 0.15) is 0 Å². The van der Waals surface area contributed by atoms with E-state index in [1.807, 2.05) is 6.92 Å². The quantitative estimate of drug-likeness (QED) is 0.920. The van der Waals surface area contributed by atoms with Gasteiger partial charge in [0.2, 0.25) is 5.91 Å². The van der Waals surface area contributed by atoms with Crippen molar-refractivity contribution in [1.29, 1.82) is 0 Å². The van der Waals surface area contributed by atoms with Crippen LogP contribution in [0.2, 0.25) is 0 Å². The van der Waals surface area contributed by atoms with E-state index in [-0.39, 0.29) is 18.3 Å². The Morgan fingerprint density at radius 2 is 1.95 bits per heavy atom. The number of piperazine rings is 1. The van der Waals surface area contributed by atoms with E-state index in [1.165, 1.54) is 6.07 Å². The van der Waals surface area contributed by atoms with Gasteiger partial charge in [-0.1, -0.05) is 25.1 Å². The van der Waals surface area contributed by atoms with Crippen molar-refractivity contribution in [3.05, 3.63) is 35.4 Å². The Hall–Kier alpha value is -1.27. The maximum absolute atomic E-state index is 12.8. The van der Waals surface area contributed by atoms with Crippen molar-refractivity contribution in [2.45, 2.75) is 25.4 Å². The number of benzene rings is 1. The number of amides is 1. The highest BCUT2D eigenvalue weighted by atomic mass is 35.5. The van der Waals surface area contributed by atoms with Gasteiger partial charge in [0.25, 0.3) is 0 Å². The third-order valence-electron chi connectivity index (χ3n) is 3.75. The molecule has 124 valence electrons. The van der Waals surface area contributed by atoms with E-state index in [0.717, 1.165) is 25.2 Å².